The molecule has 33 heavy (non-hydrogen) atoms. The van der Waals surface area contributed by atoms with Gasteiger partial charge in [0.05, 0.1) is 6.10 Å². The van der Waals surface area contributed by atoms with E-state index in [-0.39, 0.29) is 24.2 Å². The molecule has 2 aliphatic carbocycles. The number of aliphatic hydroxyl groups excluding tert-OH is 1. The first-order chi connectivity index (χ1) is 16.1. The fourth-order valence-electron chi connectivity index (χ4n) is 5.62. The SMILES string of the molecule is C[C@H]([C@H]1C[C@@H]2CC[C@@H]1C2)n1c(COc2ccccc2F)nnc1SC[C@@H](O)c1ccccc1. The molecular formula is C26H30FN3O2S. The molecule has 0 aliphatic heterocycles. The zero-order valence-corrected chi connectivity index (χ0v) is 19.6. The molecule has 2 fully saturated rings. The van der Waals surface area contributed by atoms with Crippen molar-refractivity contribution in [3.63, 3.8) is 0 Å². The van der Waals surface area contributed by atoms with E-state index in [1.165, 1.54) is 43.5 Å². The van der Waals surface area contributed by atoms with E-state index in [2.05, 4.69) is 21.7 Å². The highest BCUT2D eigenvalue weighted by atomic mass is 32.2. The Morgan fingerprint density at radius 2 is 1.88 bits per heavy atom. The summed E-state index contributed by atoms with van der Waals surface area (Å²) in [7, 11) is 0. The Morgan fingerprint density at radius 3 is 2.61 bits per heavy atom. The molecule has 0 unspecified atom stereocenters. The summed E-state index contributed by atoms with van der Waals surface area (Å²) in [6.07, 6.45) is 4.64. The highest BCUT2D eigenvalue weighted by molar-refractivity contribution is 7.99. The second-order valence-electron chi connectivity index (χ2n) is 9.30. The number of hydrogen-bond donors (Lipinski definition) is 1. The van der Waals surface area contributed by atoms with Crippen molar-refractivity contribution in [1.82, 2.24) is 14.8 Å². The van der Waals surface area contributed by atoms with Crippen LogP contribution in [0.2, 0.25) is 0 Å². The van der Waals surface area contributed by atoms with Gasteiger partial charge in [-0.25, -0.2) is 4.39 Å². The highest BCUT2D eigenvalue weighted by Gasteiger charge is 2.43. The highest BCUT2D eigenvalue weighted by Crippen LogP contribution is 2.52. The minimum Gasteiger partial charge on any atom is -0.483 e. The molecule has 2 aliphatic rings. The van der Waals surface area contributed by atoms with Gasteiger partial charge in [-0.05, 0) is 61.6 Å². The molecule has 5 rings (SSSR count). The Morgan fingerprint density at radius 1 is 1.09 bits per heavy atom. The van der Waals surface area contributed by atoms with Gasteiger partial charge in [0.1, 0.15) is 6.61 Å². The van der Waals surface area contributed by atoms with E-state index in [0.717, 1.165) is 22.6 Å². The van der Waals surface area contributed by atoms with Crippen molar-refractivity contribution in [3.05, 3.63) is 71.8 Å². The van der Waals surface area contributed by atoms with Crippen molar-refractivity contribution in [2.24, 2.45) is 17.8 Å². The lowest BCUT2D eigenvalue weighted by Crippen LogP contribution is -2.24. The number of aliphatic hydroxyl groups is 1. The maximum atomic E-state index is 14.1. The number of aromatic nitrogens is 3. The third-order valence-electron chi connectivity index (χ3n) is 7.30. The molecule has 2 saturated carbocycles. The van der Waals surface area contributed by atoms with Crippen LogP contribution in [0, 0.1) is 23.6 Å². The lowest BCUT2D eigenvalue weighted by molar-refractivity contribution is 0.203. The molecule has 174 valence electrons. The van der Waals surface area contributed by atoms with Gasteiger partial charge in [-0.15, -0.1) is 10.2 Å². The number of rotatable bonds is 9. The van der Waals surface area contributed by atoms with Crippen LogP contribution in [0.5, 0.6) is 5.75 Å². The van der Waals surface area contributed by atoms with Crippen LogP contribution in [0.3, 0.4) is 0 Å². The summed E-state index contributed by atoms with van der Waals surface area (Å²) in [5.74, 6) is 3.20. The van der Waals surface area contributed by atoms with E-state index in [0.29, 0.717) is 17.5 Å². The summed E-state index contributed by atoms with van der Waals surface area (Å²) in [6.45, 7) is 2.40. The molecule has 5 nitrogen and oxygen atoms in total. The van der Waals surface area contributed by atoms with E-state index >= 15 is 0 Å². The van der Waals surface area contributed by atoms with Crippen molar-refractivity contribution >= 4 is 11.8 Å². The van der Waals surface area contributed by atoms with E-state index in [9.17, 15) is 9.50 Å². The number of hydrogen-bond acceptors (Lipinski definition) is 5. The summed E-state index contributed by atoms with van der Waals surface area (Å²) in [4.78, 5) is 0. The molecule has 1 heterocycles. The fourth-order valence-corrected chi connectivity index (χ4v) is 6.63. The van der Waals surface area contributed by atoms with Gasteiger partial charge >= 0.3 is 0 Å². The van der Waals surface area contributed by atoms with Gasteiger partial charge in [0.15, 0.2) is 22.5 Å². The van der Waals surface area contributed by atoms with Crippen LogP contribution in [-0.4, -0.2) is 25.6 Å². The standard InChI is InChI=1S/C26H30FN3O2S/c1-17(21-14-18-11-12-20(21)13-18)30-25(15-32-24-10-6-5-9-22(24)27)28-29-26(30)33-16-23(31)19-7-3-2-4-8-19/h2-10,17-18,20-21,23,31H,11-16H2,1H3/t17-,18-,20-,21-,23-/m1/s1. The van der Waals surface area contributed by atoms with Gasteiger partial charge in [-0.2, -0.15) is 0 Å². The van der Waals surface area contributed by atoms with Crippen LogP contribution < -0.4 is 4.74 Å². The molecule has 1 aromatic heterocycles. The van der Waals surface area contributed by atoms with Crippen molar-refractivity contribution in [2.75, 3.05) is 5.75 Å². The van der Waals surface area contributed by atoms with E-state index in [1.807, 2.05) is 30.3 Å². The zero-order valence-electron chi connectivity index (χ0n) is 18.8. The average molecular weight is 468 g/mol. The van der Waals surface area contributed by atoms with Crippen LogP contribution in [-0.2, 0) is 6.61 Å². The van der Waals surface area contributed by atoms with Gasteiger partial charge in [0, 0.05) is 11.8 Å². The molecule has 3 aromatic rings. The number of thioether (sulfide) groups is 1. The average Bonchev–Trinajstić information content (AvgIpc) is 3.58. The van der Waals surface area contributed by atoms with Gasteiger partial charge in [-0.3, -0.25) is 4.57 Å². The van der Waals surface area contributed by atoms with Gasteiger partial charge < -0.3 is 9.84 Å². The van der Waals surface area contributed by atoms with Crippen LogP contribution in [0.1, 0.15) is 56.1 Å². The van der Waals surface area contributed by atoms with E-state index in [4.69, 9.17) is 4.74 Å². The quantitative estimate of drug-likeness (QED) is 0.402. The molecule has 0 saturated heterocycles. The zero-order chi connectivity index (χ0) is 22.8. The second-order valence-corrected chi connectivity index (χ2v) is 10.3. The maximum Gasteiger partial charge on any atom is 0.191 e. The number of nitrogens with zero attached hydrogens (tertiary/aromatic N) is 3. The molecule has 7 heteroatoms. The summed E-state index contributed by atoms with van der Waals surface area (Å²) in [6, 6.07) is 16.3. The van der Waals surface area contributed by atoms with Gasteiger partial charge in [-0.1, -0.05) is 60.6 Å². The lowest BCUT2D eigenvalue weighted by atomic mass is 9.84. The first kappa shape index (κ1) is 22.4. The smallest absolute Gasteiger partial charge is 0.191 e. The van der Waals surface area contributed by atoms with Gasteiger partial charge in [0.25, 0.3) is 0 Å². The molecule has 5 atom stereocenters. The summed E-state index contributed by atoms with van der Waals surface area (Å²) in [5.41, 5.74) is 0.889. The molecular weight excluding hydrogens is 437 g/mol. The molecule has 0 amide bonds. The summed E-state index contributed by atoms with van der Waals surface area (Å²) in [5, 5.41) is 20.3. The number of para-hydroxylation sites is 1. The monoisotopic (exact) mass is 467 g/mol. The summed E-state index contributed by atoms with van der Waals surface area (Å²) < 4.78 is 22.0. The Labute approximate surface area is 198 Å². The minimum atomic E-state index is -0.586. The second kappa shape index (κ2) is 9.85. The fraction of sp³-hybridized carbons (Fsp3) is 0.462. The first-order valence-corrected chi connectivity index (χ1v) is 12.8. The Kier molecular flexibility index (Phi) is 6.69. The van der Waals surface area contributed by atoms with Crippen molar-refractivity contribution in [3.8, 4) is 5.75 Å². The minimum absolute atomic E-state index is 0.154. The number of benzene rings is 2. The molecule has 0 radical (unpaired) electrons. The van der Waals surface area contributed by atoms with Crippen LogP contribution in [0.25, 0.3) is 0 Å². The number of ether oxygens (including phenoxy) is 1. The van der Waals surface area contributed by atoms with Crippen LogP contribution >= 0.6 is 11.8 Å². The van der Waals surface area contributed by atoms with E-state index < -0.39 is 6.10 Å². The Balaban J connectivity index is 1.36. The molecule has 2 aromatic carbocycles. The predicted molar refractivity (Wildman–Crippen MR) is 127 cm³/mol. The number of fused-ring (bicyclic) bond motifs is 2. The summed E-state index contributed by atoms with van der Waals surface area (Å²) >= 11 is 1.51. The largest absolute Gasteiger partial charge is 0.483 e. The molecule has 2 bridgehead atoms. The topological polar surface area (TPSA) is 60.2 Å². The normalized spacial score (nSPS) is 23.5. The van der Waals surface area contributed by atoms with Crippen molar-refractivity contribution < 1.29 is 14.2 Å². The maximum absolute atomic E-state index is 14.1. The molecule has 0 spiro atoms. The van der Waals surface area contributed by atoms with Crippen LogP contribution in [0.4, 0.5) is 4.39 Å². The van der Waals surface area contributed by atoms with Crippen LogP contribution in [0.15, 0.2) is 59.8 Å². The first-order valence-electron chi connectivity index (χ1n) is 11.8. The van der Waals surface area contributed by atoms with Gasteiger partial charge in [0.2, 0.25) is 0 Å². The number of halogens is 1. The van der Waals surface area contributed by atoms with E-state index in [1.54, 1.807) is 18.2 Å². The van der Waals surface area contributed by atoms with Crippen molar-refractivity contribution in [2.45, 2.75) is 56.5 Å². The van der Waals surface area contributed by atoms with Crippen molar-refractivity contribution in [1.29, 1.82) is 0 Å². The molecule has 1 N–H and O–H groups in total. The Bertz CT molecular complexity index is 1080. The predicted octanol–water partition coefficient (Wildman–Crippen LogP) is 5.82. The lowest BCUT2D eigenvalue weighted by Gasteiger charge is -2.30. The Hall–Kier alpha value is -2.38. The third kappa shape index (κ3) is 4.80. The third-order valence-corrected chi connectivity index (χ3v) is 8.32.